The van der Waals surface area contributed by atoms with Crippen molar-refractivity contribution in [3.63, 3.8) is 0 Å². The second kappa shape index (κ2) is 5.68. The Kier molecular flexibility index (Phi) is 3.98. The summed E-state index contributed by atoms with van der Waals surface area (Å²) < 4.78 is 5.35. The van der Waals surface area contributed by atoms with Crippen molar-refractivity contribution >= 4 is 0 Å². The zero-order valence-electron chi connectivity index (χ0n) is 9.98. The van der Waals surface area contributed by atoms with Crippen molar-refractivity contribution in [1.82, 2.24) is 10.3 Å². The number of ether oxygens (including phenoxy) is 1. The Labute approximate surface area is 102 Å². The molecule has 0 saturated heterocycles. The molecule has 1 aliphatic rings. The fourth-order valence-electron chi connectivity index (χ4n) is 2.17. The van der Waals surface area contributed by atoms with Crippen LogP contribution in [0.25, 0.3) is 0 Å². The number of aromatic nitrogens is 1. The van der Waals surface area contributed by atoms with Crippen LogP contribution in [0.15, 0.2) is 30.8 Å². The lowest BCUT2D eigenvalue weighted by Crippen LogP contribution is -2.27. The van der Waals surface area contributed by atoms with E-state index < -0.39 is 0 Å². The van der Waals surface area contributed by atoms with E-state index in [9.17, 15) is 0 Å². The molecule has 17 heavy (non-hydrogen) atoms. The van der Waals surface area contributed by atoms with E-state index in [2.05, 4.69) is 22.9 Å². The first-order chi connectivity index (χ1) is 8.31. The van der Waals surface area contributed by atoms with Gasteiger partial charge >= 0.3 is 0 Å². The Morgan fingerprint density at radius 2 is 2.53 bits per heavy atom. The molecule has 0 bridgehead atoms. The van der Waals surface area contributed by atoms with Gasteiger partial charge in [-0.15, -0.1) is 0 Å². The minimum absolute atomic E-state index is 0.213. The van der Waals surface area contributed by atoms with Gasteiger partial charge in [0.25, 0.3) is 0 Å². The average Bonchev–Trinajstić information content (AvgIpc) is 2.37. The van der Waals surface area contributed by atoms with E-state index in [-0.39, 0.29) is 6.04 Å². The minimum atomic E-state index is 0.213. The largest absolute Gasteiger partial charge is 0.478 e. The van der Waals surface area contributed by atoms with Crippen LogP contribution in [0.5, 0.6) is 0 Å². The smallest absolute Gasteiger partial charge is 0.179 e. The SMILES string of the molecule is C=C(NC1CCCc2cccnc21)OCCN. The van der Waals surface area contributed by atoms with Crippen LogP contribution in [0.2, 0.25) is 0 Å². The molecule has 1 atom stereocenters. The summed E-state index contributed by atoms with van der Waals surface area (Å²) in [5.41, 5.74) is 7.82. The van der Waals surface area contributed by atoms with Gasteiger partial charge in [0.15, 0.2) is 5.88 Å². The molecule has 4 nitrogen and oxygen atoms in total. The van der Waals surface area contributed by atoms with Crippen LogP contribution in [0.4, 0.5) is 0 Å². The van der Waals surface area contributed by atoms with Crippen molar-refractivity contribution in [3.05, 3.63) is 42.0 Å². The van der Waals surface area contributed by atoms with Gasteiger partial charge in [-0.1, -0.05) is 6.07 Å². The lowest BCUT2D eigenvalue weighted by atomic mass is 9.92. The van der Waals surface area contributed by atoms with Gasteiger partial charge in [0, 0.05) is 12.7 Å². The zero-order chi connectivity index (χ0) is 12.1. The summed E-state index contributed by atoms with van der Waals surface area (Å²) in [5, 5.41) is 3.28. The summed E-state index contributed by atoms with van der Waals surface area (Å²) in [6.45, 7) is 4.84. The molecule has 1 aromatic heterocycles. The molecule has 1 aliphatic carbocycles. The molecule has 4 heteroatoms. The molecule has 0 spiro atoms. The highest BCUT2D eigenvalue weighted by Gasteiger charge is 2.21. The van der Waals surface area contributed by atoms with Crippen molar-refractivity contribution < 1.29 is 4.74 Å². The molecule has 92 valence electrons. The van der Waals surface area contributed by atoms with E-state index in [1.807, 2.05) is 12.3 Å². The molecule has 1 heterocycles. The van der Waals surface area contributed by atoms with Crippen molar-refractivity contribution in [2.75, 3.05) is 13.2 Å². The highest BCUT2D eigenvalue weighted by Crippen LogP contribution is 2.28. The lowest BCUT2D eigenvalue weighted by molar-refractivity contribution is 0.189. The number of fused-ring (bicyclic) bond motifs is 1. The molecule has 1 unspecified atom stereocenters. The molecule has 0 aliphatic heterocycles. The van der Waals surface area contributed by atoms with Crippen LogP contribution in [-0.4, -0.2) is 18.1 Å². The van der Waals surface area contributed by atoms with E-state index in [1.54, 1.807) is 0 Å². The predicted molar refractivity (Wildman–Crippen MR) is 67.2 cm³/mol. The third kappa shape index (κ3) is 2.97. The fraction of sp³-hybridized carbons (Fsp3) is 0.462. The molecule has 0 radical (unpaired) electrons. The maximum atomic E-state index is 5.38. The number of rotatable bonds is 5. The number of pyridine rings is 1. The Hall–Kier alpha value is -1.55. The summed E-state index contributed by atoms with van der Waals surface area (Å²) in [7, 11) is 0. The first-order valence-electron chi connectivity index (χ1n) is 6.03. The third-order valence-corrected chi connectivity index (χ3v) is 2.92. The summed E-state index contributed by atoms with van der Waals surface area (Å²) in [4.78, 5) is 4.45. The number of hydrogen-bond donors (Lipinski definition) is 2. The van der Waals surface area contributed by atoms with Crippen LogP contribution in [0.3, 0.4) is 0 Å². The first kappa shape index (κ1) is 11.9. The highest BCUT2D eigenvalue weighted by molar-refractivity contribution is 5.25. The second-order valence-electron chi connectivity index (χ2n) is 4.20. The molecule has 2 rings (SSSR count). The van der Waals surface area contributed by atoms with Gasteiger partial charge in [-0.3, -0.25) is 4.98 Å². The van der Waals surface area contributed by atoms with Crippen LogP contribution < -0.4 is 11.1 Å². The second-order valence-corrected chi connectivity index (χ2v) is 4.20. The number of hydrogen-bond acceptors (Lipinski definition) is 4. The molecule has 0 amide bonds. The topological polar surface area (TPSA) is 60.2 Å². The van der Waals surface area contributed by atoms with Gasteiger partial charge < -0.3 is 15.8 Å². The monoisotopic (exact) mass is 233 g/mol. The first-order valence-corrected chi connectivity index (χ1v) is 6.03. The molecule has 0 fully saturated rings. The van der Waals surface area contributed by atoms with Crippen LogP contribution in [0.1, 0.15) is 30.1 Å². The number of nitrogens with two attached hydrogens (primary N) is 1. The van der Waals surface area contributed by atoms with E-state index in [0.29, 0.717) is 19.0 Å². The Balaban J connectivity index is 2.01. The van der Waals surface area contributed by atoms with Crippen molar-refractivity contribution in [2.45, 2.75) is 25.3 Å². The zero-order valence-corrected chi connectivity index (χ0v) is 9.98. The standard InChI is InChI=1S/C13H19N3O/c1-10(17-9-7-14)16-12-6-2-4-11-5-3-8-15-13(11)12/h3,5,8,12,16H,1-2,4,6-7,9,14H2. The van der Waals surface area contributed by atoms with E-state index in [1.165, 1.54) is 12.0 Å². The van der Waals surface area contributed by atoms with Crippen LogP contribution in [0, 0.1) is 0 Å². The molecule has 3 N–H and O–H groups in total. The summed E-state index contributed by atoms with van der Waals surface area (Å²) in [5.74, 6) is 0.582. The summed E-state index contributed by atoms with van der Waals surface area (Å²) >= 11 is 0. The van der Waals surface area contributed by atoms with E-state index in [4.69, 9.17) is 10.5 Å². The molecular formula is C13H19N3O. The van der Waals surface area contributed by atoms with E-state index in [0.717, 1.165) is 18.5 Å². The van der Waals surface area contributed by atoms with Gasteiger partial charge in [-0.2, -0.15) is 0 Å². The normalized spacial score (nSPS) is 18.3. The quantitative estimate of drug-likeness (QED) is 0.757. The fourth-order valence-corrected chi connectivity index (χ4v) is 2.17. The molecular weight excluding hydrogens is 214 g/mol. The van der Waals surface area contributed by atoms with Crippen LogP contribution >= 0.6 is 0 Å². The number of nitrogens with one attached hydrogen (secondary N) is 1. The number of nitrogens with zero attached hydrogens (tertiary/aromatic N) is 1. The van der Waals surface area contributed by atoms with Gasteiger partial charge in [0.2, 0.25) is 0 Å². The summed E-state index contributed by atoms with van der Waals surface area (Å²) in [6.07, 6.45) is 5.18. The van der Waals surface area contributed by atoms with Crippen molar-refractivity contribution in [3.8, 4) is 0 Å². The molecule has 1 aromatic rings. The maximum Gasteiger partial charge on any atom is 0.179 e. The highest BCUT2D eigenvalue weighted by atomic mass is 16.5. The van der Waals surface area contributed by atoms with Gasteiger partial charge in [-0.25, -0.2) is 0 Å². The Morgan fingerprint density at radius 3 is 3.35 bits per heavy atom. The number of aryl methyl sites for hydroxylation is 1. The van der Waals surface area contributed by atoms with E-state index >= 15 is 0 Å². The van der Waals surface area contributed by atoms with Crippen molar-refractivity contribution in [1.29, 1.82) is 0 Å². The lowest BCUT2D eigenvalue weighted by Gasteiger charge is -2.26. The van der Waals surface area contributed by atoms with Crippen molar-refractivity contribution in [2.24, 2.45) is 5.73 Å². The molecule has 0 saturated carbocycles. The minimum Gasteiger partial charge on any atom is -0.478 e. The predicted octanol–water partition coefficient (Wildman–Crippen LogP) is 1.50. The average molecular weight is 233 g/mol. The Bertz CT molecular complexity index is 392. The van der Waals surface area contributed by atoms with Gasteiger partial charge in [0.1, 0.15) is 6.61 Å². The Morgan fingerprint density at radius 1 is 1.65 bits per heavy atom. The third-order valence-electron chi connectivity index (χ3n) is 2.92. The molecule has 0 aromatic carbocycles. The summed E-state index contributed by atoms with van der Waals surface area (Å²) in [6, 6.07) is 4.34. The van der Waals surface area contributed by atoms with Gasteiger partial charge in [0.05, 0.1) is 11.7 Å². The van der Waals surface area contributed by atoms with Gasteiger partial charge in [-0.05, 0) is 37.5 Å². The van der Waals surface area contributed by atoms with Crippen LogP contribution in [-0.2, 0) is 11.2 Å². The maximum absolute atomic E-state index is 5.38.